The van der Waals surface area contributed by atoms with Crippen molar-refractivity contribution in [1.82, 2.24) is 19.7 Å². The highest BCUT2D eigenvalue weighted by atomic mass is 35.5. The van der Waals surface area contributed by atoms with E-state index in [1.807, 2.05) is 4.98 Å². The van der Waals surface area contributed by atoms with Crippen molar-refractivity contribution in [2.75, 3.05) is 6.54 Å². The number of halogens is 4. The zero-order valence-corrected chi connectivity index (χ0v) is 21.9. The van der Waals surface area contributed by atoms with Crippen LogP contribution in [0.25, 0.3) is 5.69 Å². The molecule has 196 valence electrons. The maximum Gasteiger partial charge on any atom is 0.349 e. The van der Waals surface area contributed by atoms with Gasteiger partial charge in [0.2, 0.25) is 5.69 Å². The maximum atomic E-state index is 13.5. The second-order valence-electron chi connectivity index (χ2n) is 8.52. The molecule has 1 aliphatic rings. The third kappa shape index (κ3) is 5.25. The van der Waals surface area contributed by atoms with E-state index in [0.717, 1.165) is 10.2 Å². The van der Waals surface area contributed by atoms with Crippen LogP contribution in [0.15, 0.2) is 58.1 Å². The smallest absolute Gasteiger partial charge is 0.349 e. The standard InChI is InChI=1S/C26H15Cl3FN5O4/c27-18-7-13(1-4-21(18)30)12-34-6-5-14-8-16(2-3-17(14)25(34)37)39-23-19(28)9-15(10-20(23)29)35-26(38)32-24(36)22(11-31)33-35/h1-4,7-10H,5-6,12H2,(H,32,36,38). The molecule has 13 heteroatoms. The van der Waals surface area contributed by atoms with Gasteiger partial charge in [-0.1, -0.05) is 40.9 Å². The van der Waals surface area contributed by atoms with Crippen LogP contribution in [0.2, 0.25) is 15.1 Å². The molecule has 0 saturated heterocycles. The number of benzene rings is 3. The Hall–Kier alpha value is -4.17. The summed E-state index contributed by atoms with van der Waals surface area (Å²) in [5.41, 5.74) is -0.206. The summed E-state index contributed by atoms with van der Waals surface area (Å²) in [6, 6.07) is 13.6. The molecule has 1 N–H and O–H groups in total. The molecule has 0 bridgehead atoms. The van der Waals surface area contributed by atoms with Crippen molar-refractivity contribution in [1.29, 1.82) is 5.26 Å². The van der Waals surface area contributed by atoms with Gasteiger partial charge in [-0.25, -0.2) is 9.18 Å². The number of rotatable bonds is 5. The largest absolute Gasteiger partial charge is 0.454 e. The van der Waals surface area contributed by atoms with Crippen LogP contribution in [-0.4, -0.2) is 32.1 Å². The van der Waals surface area contributed by atoms with Crippen LogP contribution in [0, 0.1) is 17.1 Å². The number of nitrogens with one attached hydrogen (secondary N) is 1. The number of amides is 1. The van der Waals surface area contributed by atoms with Crippen molar-refractivity contribution in [2.45, 2.75) is 13.0 Å². The second kappa shape index (κ2) is 10.5. The Morgan fingerprint density at radius 3 is 2.46 bits per heavy atom. The van der Waals surface area contributed by atoms with Crippen molar-refractivity contribution < 1.29 is 13.9 Å². The van der Waals surface area contributed by atoms with Crippen molar-refractivity contribution in [2.24, 2.45) is 0 Å². The van der Waals surface area contributed by atoms with Gasteiger partial charge in [0.25, 0.3) is 11.5 Å². The quantitative estimate of drug-likeness (QED) is 0.356. The molecule has 0 atom stereocenters. The van der Waals surface area contributed by atoms with E-state index in [1.54, 1.807) is 35.2 Å². The summed E-state index contributed by atoms with van der Waals surface area (Å²) in [6.07, 6.45) is 0.551. The molecule has 0 spiro atoms. The van der Waals surface area contributed by atoms with Gasteiger partial charge in [0.15, 0.2) is 5.75 Å². The summed E-state index contributed by atoms with van der Waals surface area (Å²) in [4.78, 5) is 40.5. The van der Waals surface area contributed by atoms with E-state index in [4.69, 9.17) is 44.8 Å². The number of hydrogen-bond acceptors (Lipinski definition) is 6. The van der Waals surface area contributed by atoms with E-state index in [-0.39, 0.29) is 39.0 Å². The van der Waals surface area contributed by atoms with Gasteiger partial charge in [-0.2, -0.15) is 9.94 Å². The summed E-state index contributed by atoms with van der Waals surface area (Å²) in [6.45, 7) is 0.725. The maximum absolute atomic E-state index is 13.5. The molecule has 9 nitrogen and oxygen atoms in total. The fourth-order valence-electron chi connectivity index (χ4n) is 4.12. The number of nitriles is 1. The molecule has 1 amide bonds. The first-order chi connectivity index (χ1) is 18.6. The molecule has 2 heterocycles. The fourth-order valence-corrected chi connectivity index (χ4v) is 4.87. The van der Waals surface area contributed by atoms with Crippen LogP contribution in [0.5, 0.6) is 11.5 Å². The summed E-state index contributed by atoms with van der Waals surface area (Å²) in [7, 11) is 0. The summed E-state index contributed by atoms with van der Waals surface area (Å²) >= 11 is 18.7. The lowest BCUT2D eigenvalue weighted by Gasteiger charge is -2.29. The average Bonchev–Trinajstić information content (AvgIpc) is 2.90. The normalized spacial score (nSPS) is 12.7. The Balaban J connectivity index is 1.37. The molecule has 1 aromatic heterocycles. The minimum atomic E-state index is -0.912. The predicted octanol–water partition coefficient (Wildman–Crippen LogP) is 4.88. The molecule has 0 fully saturated rings. The van der Waals surface area contributed by atoms with Crippen LogP contribution in [-0.2, 0) is 13.0 Å². The summed E-state index contributed by atoms with van der Waals surface area (Å²) < 4.78 is 20.2. The average molecular weight is 587 g/mol. The lowest BCUT2D eigenvalue weighted by molar-refractivity contribution is 0.0727. The number of carbonyl (C=O) groups excluding carboxylic acids is 1. The van der Waals surface area contributed by atoms with Gasteiger partial charge in [-0.3, -0.25) is 14.6 Å². The molecule has 0 saturated carbocycles. The van der Waals surface area contributed by atoms with Crippen LogP contribution >= 0.6 is 34.8 Å². The van der Waals surface area contributed by atoms with Gasteiger partial charge in [0.1, 0.15) is 17.6 Å². The Bertz CT molecular complexity index is 1790. The highest BCUT2D eigenvalue weighted by molar-refractivity contribution is 6.37. The first-order valence-electron chi connectivity index (χ1n) is 11.3. The first kappa shape index (κ1) is 26.4. The number of ether oxygens (including phenoxy) is 1. The van der Waals surface area contributed by atoms with Crippen molar-refractivity contribution >= 4 is 40.7 Å². The van der Waals surface area contributed by atoms with E-state index in [2.05, 4.69) is 5.10 Å². The van der Waals surface area contributed by atoms with Crippen molar-refractivity contribution in [3.63, 3.8) is 0 Å². The first-order valence-corrected chi connectivity index (χ1v) is 12.4. The highest BCUT2D eigenvalue weighted by Gasteiger charge is 2.25. The van der Waals surface area contributed by atoms with Gasteiger partial charge in [0.05, 0.1) is 20.8 Å². The van der Waals surface area contributed by atoms with Crippen LogP contribution in [0.3, 0.4) is 0 Å². The van der Waals surface area contributed by atoms with E-state index >= 15 is 0 Å². The second-order valence-corrected chi connectivity index (χ2v) is 9.74. The molecular weight excluding hydrogens is 572 g/mol. The Labute approximate surface area is 234 Å². The Kier molecular flexibility index (Phi) is 7.14. The van der Waals surface area contributed by atoms with Gasteiger partial charge in [-0.15, -0.1) is 5.10 Å². The molecule has 0 aliphatic carbocycles. The number of nitrogens with zero attached hydrogens (tertiary/aromatic N) is 4. The predicted molar refractivity (Wildman–Crippen MR) is 142 cm³/mol. The zero-order valence-electron chi connectivity index (χ0n) is 19.7. The molecule has 39 heavy (non-hydrogen) atoms. The van der Waals surface area contributed by atoms with Crippen molar-refractivity contribution in [3.05, 3.63) is 113 Å². The van der Waals surface area contributed by atoms with E-state index in [9.17, 15) is 18.8 Å². The number of fused-ring (bicyclic) bond motifs is 1. The molecule has 1 aliphatic heterocycles. The highest BCUT2D eigenvalue weighted by Crippen LogP contribution is 2.39. The minimum Gasteiger partial charge on any atom is -0.454 e. The Morgan fingerprint density at radius 2 is 1.77 bits per heavy atom. The molecular formula is C26H15Cl3FN5O4. The Morgan fingerprint density at radius 1 is 1.03 bits per heavy atom. The van der Waals surface area contributed by atoms with Gasteiger partial charge in [0, 0.05) is 18.7 Å². The molecule has 5 rings (SSSR count). The van der Waals surface area contributed by atoms with Crippen LogP contribution in [0.4, 0.5) is 4.39 Å². The summed E-state index contributed by atoms with van der Waals surface area (Å²) in [5.74, 6) is -0.229. The van der Waals surface area contributed by atoms with Crippen LogP contribution in [0.1, 0.15) is 27.2 Å². The zero-order chi connectivity index (χ0) is 27.8. The lowest BCUT2D eigenvalue weighted by atomic mass is 9.98. The molecule has 0 unspecified atom stereocenters. The number of aromatic nitrogens is 3. The molecule has 0 radical (unpaired) electrons. The van der Waals surface area contributed by atoms with Gasteiger partial charge in [-0.05, 0) is 60.0 Å². The topological polar surface area (TPSA) is 121 Å². The number of hydrogen-bond donors (Lipinski definition) is 1. The van der Waals surface area contributed by atoms with E-state index < -0.39 is 22.8 Å². The SMILES string of the molecule is N#Cc1nn(-c2cc(Cl)c(Oc3ccc4c(c3)CCN(Cc3ccc(F)c(Cl)c3)C4=O)c(Cl)c2)c(=O)[nH]c1=O. The monoisotopic (exact) mass is 585 g/mol. The van der Waals surface area contributed by atoms with Gasteiger partial charge < -0.3 is 9.64 Å². The number of carbonyl (C=O) groups is 1. The third-order valence-electron chi connectivity index (χ3n) is 5.98. The summed E-state index contributed by atoms with van der Waals surface area (Å²) in [5, 5.41) is 12.8. The number of H-pyrrole nitrogens is 1. The molecule has 4 aromatic rings. The van der Waals surface area contributed by atoms with Crippen molar-refractivity contribution in [3.8, 4) is 23.3 Å². The molecule has 3 aromatic carbocycles. The third-order valence-corrected chi connectivity index (χ3v) is 6.84. The fraction of sp³-hybridized carbons (Fsp3) is 0.115. The van der Waals surface area contributed by atoms with E-state index in [0.29, 0.717) is 29.8 Å². The number of aromatic amines is 1. The lowest BCUT2D eigenvalue weighted by Crippen LogP contribution is -2.37. The van der Waals surface area contributed by atoms with Crippen LogP contribution < -0.4 is 16.0 Å². The van der Waals surface area contributed by atoms with E-state index in [1.165, 1.54) is 24.3 Å². The van der Waals surface area contributed by atoms with Gasteiger partial charge >= 0.3 is 5.69 Å². The minimum absolute atomic E-state index is 0.00144.